The van der Waals surface area contributed by atoms with E-state index in [1.54, 1.807) is 23.5 Å². The van der Waals surface area contributed by atoms with Crippen molar-refractivity contribution in [3.05, 3.63) is 52.3 Å². The van der Waals surface area contributed by atoms with Crippen molar-refractivity contribution in [1.29, 1.82) is 0 Å². The number of benzene rings is 1. The zero-order chi connectivity index (χ0) is 14.7. The molecule has 21 heavy (non-hydrogen) atoms. The first kappa shape index (κ1) is 13.7. The Balaban J connectivity index is 1.56. The molecule has 5 heteroatoms. The van der Waals surface area contributed by atoms with Gasteiger partial charge in [0.1, 0.15) is 5.75 Å². The maximum atomic E-state index is 11.8. The van der Waals surface area contributed by atoms with Crippen LogP contribution in [0.15, 0.2) is 41.9 Å². The van der Waals surface area contributed by atoms with Crippen molar-refractivity contribution in [2.24, 2.45) is 0 Å². The zero-order valence-electron chi connectivity index (χ0n) is 11.4. The van der Waals surface area contributed by atoms with Crippen LogP contribution in [0, 0.1) is 0 Å². The van der Waals surface area contributed by atoms with E-state index in [9.17, 15) is 9.90 Å². The Morgan fingerprint density at radius 3 is 3.05 bits per heavy atom. The Morgan fingerprint density at radius 2 is 2.24 bits per heavy atom. The largest absolute Gasteiger partial charge is 0.508 e. The van der Waals surface area contributed by atoms with Gasteiger partial charge in [0.25, 0.3) is 0 Å². The molecule has 0 saturated heterocycles. The molecular weight excluding hydrogens is 284 g/mol. The van der Waals surface area contributed by atoms with Crippen LogP contribution in [0.4, 0.5) is 0 Å². The molecule has 2 heterocycles. The quantitative estimate of drug-likeness (QED) is 0.678. The zero-order valence-corrected chi connectivity index (χ0v) is 12.2. The van der Waals surface area contributed by atoms with Crippen LogP contribution in [0.2, 0.25) is 0 Å². The van der Waals surface area contributed by atoms with Gasteiger partial charge in [-0.1, -0.05) is 6.07 Å². The second kappa shape index (κ2) is 6.01. The van der Waals surface area contributed by atoms with Crippen LogP contribution in [0.5, 0.6) is 5.75 Å². The van der Waals surface area contributed by atoms with Gasteiger partial charge >= 0.3 is 0 Å². The van der Waals surface area contributed by atoms with E-state index in [2.05, 4.69) is 10.3 Å². The van der Waals surface area contributed by atoms with Crippen LogP contribution >= 0.6 is 11.3 Å². The van der Waals surface area contributed by atoms with Gasteiger partial charge in [-0.15, -0.1) is 11.3 Å². The minimum absolute atomic E-state index is 0.0509. The number of rotatable bonds is 5. The molecule has 0 atom stereocenters. The number of aromatic amines is 1. The number of carbonyl (C=O) groups is 1. The van der Waals surface area contributed by atoms with E-state index in [1.807, 2.05) is 29.8 Å². The number of hydrogen-bond acceptors (Lipinski definition) is 3. The second-order valence-corrected chi connectivity index (χ2v) is 5.93. The third-order valence-corrected chi connectivity index (χ3v) is 4.26. The molecule has 108 valence electrons. The van der Waals surface area contributed by atoms with E-state index in [-0.39, 0.29) is 11.7 Å². The first-order chi connectivity index (χ1) is 10.2. The van der Waals surface area contributed by atoms with E-state index in [4.69, 9.17) is 0 Å². The highest BCUT2D eigenvalue weighted by Crippen LogP contribution is 2.22. The number of aromatic nitrogens is 1. The van der Waals surface area contributed by atoms with Crippen LogP contribution in [0.3, 0.4) is 0 Å². The van der Waals surface area contributed by atoms with E-state index in [1.165, 1.54) is 0 Å². The van der Waals surface area contributed by atoms with Crippen molar-refractivity contribution in [2.75, 3.05) is 6.54 Å². The van der Waals surface area contributed by atoms with Gasteiger partial charge in [0.15, 0.2) is 0 Å². The van der Waals surface area contributed by atoms with Crippen LogP contribution in [-0.2, 0) is 17.6 Å². The molecule has 3 N–H and O–H groups in total. The van der Waals surface area contributed by atoms with Crippen molar-refractivity contribution in [2.45, 2.75) is 12.8 Å². The lowest BCUT2D eigenvalue weighted by atomic mass is 10.1. The number of aromatic hydroxyl groups is 1. The van der Waals surface area contributed by atoms with Crippen molar-refractivity contribution in [1.82, 2.24) is 10.3 Å². The van der Waals surface area contributed by atoms with Gasteiger partial charge in [-0.2, -0.15) is 0 Å². The van der Waals surface area contributed by atoms with Crippen molar-refractivity contribution < 1.29 is 9.90 Å². The van der Waals surface area contributed by atoms with Gasteiger partial charge < -0.3 is 15.4 Å². The van der Waals surface area contributed by atoms with Crippen molar-refractivity contribution in [3.63, 3.8) is 0 Å². The van der Waals surface area contributed by atoms with E-state index < -0.39 is 0 Å². The van der Waals surface area contributed by atoms with Crippen LogP contribution < -0.4 is 5.32 Å². The summed E-state index contributed by atoms with van der Waals surface area (Å²) in [6.45, 7) is 0.609. The average molecular weight is 300 g/mol. The van der Waals surface area contributed by atoms with Crippen molar-refractivity contribution >= 4 is 28.1 Å². The summed E-state index contributed by atoms with van der Waals surface area (Å²) in [4.78, 5) is 16.0. The molecule has 0 radical (unpaired) electrons. The number of fused-ring (bicyclic) bond motifs is 1. The van der Waals surface area contributed by atoms with Gasteiger partial charge in [0.2, 0.25) is 5.91 Å². The number of H-pyrrole nitrogens is 1. The highest BCUT2D eigenvalue weighted by atomic mass is 32.1. The maximum absolute atomic E-state index is 11.8. The summed E-state index contributed by atoms with van der Waals surface area (Å²) in [7, 11) is 0. The summed E-state index contributed by atoms with van der Waals surface area (Å²) in [6.07, 6.45) is 3.13. The first-order valence-corrected chi connectivity index (χ1v) is 7.68. The molecule has 0 aliphatic rings. The number of nitrogens with one attached hydrogen (secondary N) is 2. The predicted octanol–water partition coefficient (Wildman–Crippen LogP) is 2.84. The number of phenolic OH excluding ortho intramolecular Hbond substituents is 1. The van der Waals surface area contributed by atoms with Gasteiger partial charge in [-0.25, -0.2) is 0 Å². The third kappa shape index (κ3) is 3.25. The molecule has 0 unspecified atom stereocenters. The molecule has 0 aliphatic carbocycles. The van der Waals surface area contributed by atoms with Crippen LogP contribution in [-0.4, -0.2) is 22.5 Å². The Bertz CT molecular complexity index is 747. The minimum atomic E-state index is 0.0509. The number of thiophene rings is 1. The smallest absolute Gasteiger partial charge is 0.225 e. The summed E-state index contributed by atoms with van der Waals surface area (Å²) >= 11 is 1.60. The molecule has 4 nitrogen and oxygen atoms in total. The highest BCUT2D eigenvalue weighted by Gasteiger charge is 2.06. The van der Waals surface area contributed by atoms with Crippen molar-refractivity contribution in [3.8, 4) is 5.75 Å². The summed E-state index contributed by atoms with van der Waals surface area (Å²) in [5.41, 5.74) is 2.05. The molecule has 1 aromatic carbocycles. The molecule has 0 fully saturated rings. The maximum Gasteiger partial charge on any atom is 0.225 e. The average Bonchev–Trinajstić information content (AvgIpc) is 3.08. The standard InChI is InChI=1S/C16H16N2O2S/c19-12-3-4-14-11(10-18-15(14)8-12)5-6-17-16(20)9-13-2-1-7-21-13/h1-4,7-8,10,18-19H,5-6,9H2,(H,17,20). The highest BCUT2D eigenvalue weighted by molar-refractivity contribution is 7.10. The molecule has 2 aromatic heterocycles. The molecule has 0 aliphatic heterocycles. The van der Waals surface area contributed by atoms with Gasteiger partial charge in [-0.3, -0.25) is 4.79 Å². The fourth-order valence-electron chi connectivity index (χ4n) is 2.35. The van der Waals surface area contributed by atoms with E-state index in [0.717, 1.165) is 27.8 Å². The molecule has 3 aromatic rings. The number of phenols is 1. The Morgan fingerprint density at radius 1 is 1.33 bits per heavy atom. The Kier molecular flexibility index (Phi) is 3.92. The fourth-order valence-corrected chi connectivity index (χ4v) is 3.06. The Hall–Kier alpha value is -2.27. The topological polar surface area (TPSA) is 65.1 Å². The molecule has 1 amide bonds. The molecule has 0 spiro atoms. The molecule has 0 bridgehead atoms. The lowest BCUT2D eigenvalue weighted by Gasteiger charge is -2.04. The monoisotopic (exact) mass is 300 g/mol. The number of hydrogen-bond donors (Lipinski definition) is 3. The predicted molar refractivity (Wildman–Crippen MR) is 84.7 cm³/mol. The molecule has 3 rings (SSSR count). The third-order valence-electron chi connectivity index (χ3n) is 3.38. The lowest BCUT2D eigenvalue weighted by Crippen LogP contribution is -2.26. The normalized spacial score (nSPS) is 10.9. The summed E-state index contributed by atoms with van der Waals surface area (Å²) in [5.74, 6) is 0.301. The van der Waals surface area contributed by atoms with E-state index in [0.29, 0.717) is 13.0 Å². The van der Waals surface area contributed by atoms with E-state index >= 15 is 0 Å². The minimum Gasteiger partial charge on any atom is -0.508 e. The SMILES string of the molecule is O=C(Cc1cccs1)NCCc1c[nH]c2cc(O)ccc12. The summed E-state index contributed by atoms with van der Waals surface area (Å²) in [5, 5.41) is 15.4. The van der Waals surface area contributed by atoms with Gasteiger partial charge in [0.05, 0.1) is 6.42 Å². The molecular formula is C16H16N2O2S. The van der Waals surface area contributed by atoms with Gasteiger partial charge in [0, 0.05) is 34.6 Å². The Labute approximate surface area is 126 Å². The summed E-state index contributed by atoms with van der Waals surface area (Å²) in [6, 6.07) is 9.19. The number of amides is 1. The summed E-state index contributed by atoms with van der Waals surface area (Å²) < 4.78 is 0. The second-order valence-electron chi connectivity index (χ2n) is 4.90. The van der Waals surface area contributed by atoms with Crippen LogP contribution in [0.1, 0.15) is 10.4 Å². The number of carbonyl (C=O) groups excluding carboxylic acids is 1. The fraction of sp³-hybridized carbons (Fsp3) is 0.188. The molecule has 0 saturated carbocycles. The first-order valence-electron chi connectivity index (χ1n) is 6.80. The lowest BCUT2D eigenvalue weighted by molar-refractivity contribution is -0.120. The van der Waals surface area contributed by atoms with Gasteiger partial charge in [-0.05, 0) is 35.6 Å². The van der Waals surface area contributed by atoms with Crippen LogP contribution in [0.25, 0.3) is 10.9 Å².